The van der Waals surface area contributed by atoms with Crippen molar-refractivity contribution in [3.63, 3.8) is 0 Å². The highest BCUT2D eigenvalue weighted by molar-refractivity contribution is 5.94. The van der Waals surface area contributed by atoms with Crippen LogP contribution in [0.3, 0.4) is 0 Å². The number of hydrogen-bond donors (Lipinski definition) is 1. The number of pyridine rings is 1. The highest BCUT2D eigenvalue weighted by atomic mass is 19.1. The Kier molecular flexibility index (Phi) is 4.06. The highest BCUT2D eigenvalue weighted by Gasteiger charge is 2.09. The van der Waals surface area contributed by atoms with Gasteiger partial charge in [0.2, 0.25) is 0 Å². The molecule has 3 nitrogen and oxygen atoms in total. The van der Waals surface area contributed by atoms with Gasteiger partial charge in [-0.15, -0.1) is 6.42 Å². The molecule has 0 bridgehead atoms. The van der Waals surface area contributed by atoms with Gasteiger partial charge in [-0.1, -0.05) is 12.0 Å². The Hall–Kier alpha value is -2.74. The summed E-state index contributed by atoms with van der Waals surface area (Å²) >= 11 is 0. The minimum absolute atomic E-state index is 0.0504. The van der Waals surface area contributed by atoms with E-state index in [1.54, 1.807) is 0 Å². The summed E-state index contributed by atoms with van der Waals surface area (Å²) in [5.74, 6) is 0.564. The summed E-state index contributed by atoms with van der Waals surface area (Å²) in [7, 11) is 0. The van der Waals surface area contributed by atoms with Crippen LogP contribution in [0, 0.1) is 24.0 Å². The molecule has 2 aromatic rings. The summed E-state index contributed by atoms with van der Waals surface area (Å²) in [4.78, 5) is 15.7. The van der Waals surface area contributed by atoms with Gasteiger partial charge in [0.05, 0.1) is 5.56 Å². The van der Waals surface area contributed by atoms with Crippen LogP contribution < -0.4 is 5.32 Å². The van der Waals surface area contributed by atoms with Gasteiger partial charge >= 0.3 is 0 Å². The largest absolute Gasteiger partial charge is 0.348 e. The second kappa shape index (κ2) is 5.93. The first-order valence-electron chi connectivity index (χ1n) is 5.74. The molecular weight excluding hydrogens is 262 g/mol. The van der Waals surface area contributed by atoms with Crippen LogP contribution in [0.1, 0.15) is 21.5 Å². The summed E-state index contributed by atoms with van der Waals surface area (Å²) in [5.41, 5.74) is 0.953. The van der Waals surface area contributed by atoms with Crippen molar-refractivity contribution in [3.8, 4) is 12.3 Å². The maximum absolute atomic E-state index is 13.4. The fraction of sp³-hybridized carbons (Fsp3) is 0.0667. The Balaban J connectivity index is 2.07. The monoisotopic (exact) mass is 272 g/mol. The molecule has 1 N–H and O–H groups in total. The van der Waals surface area contributed by atoms with Gasteiger partial charge in [0.15, 0.2) is 0 Å². The van der Waals surface area contributed by atoms with Gasteiger partial charge in [0.25, 0.3) is 5.91 Å². The van der Waals surface area contributed by atoms with Crippen LogP contribution in [0.5, 0.6) is 0 Å². The van der Waals surface area contributed by atoms with E-state index < -0.39 is 17.5 Å². The smallest absolute Gasteiger partial charge is 0.253 e. The zero-order valence-corrected chi connectivity index (χ0v) is 10.4. The first-order chi connectivity index (χ1) is 9.60. The number of carbonyl (C=O) groups is 1. The van der Waals surface area contributed by atoms with E-state index in [0.29, 0.717) is 5.56 Å². The van der Waals surface area contributed by atoms with Crippen molar-refractivity contribution in [1.29, 1.82) is 0 Å². The van der Waals surface area contributed by atoms with Gasteiger partial charge < -0.3 is 5.32 Å². The van der Waals surface area contributed by atoms with Crippen molar-refractivity contribution in [3.05, 3.63) is 65.0 Å². The van der Waals surface area contributed by atoms with Gasteiger partial charge in [-0.25, -0.2) is 8.78 Å². The molecule has 0 aliphatic carbocycles. The Morgan fingerprint density at radius 1 is 1.30 bits per heavy atom. The number of carbonyl (C=O) groups excluding carboxylic acids is 1. The van der Waals surface area contributed by atoms with Crippen LogP contribution in [-0.2, 0) is 6.54 Å². The van der Waals surface area contributed by atoms with Crippen LogP contribution in [0.2, 0.25) is 0 Å². The lowest BCUT2D eigenvalue weighted by molar-refractivity contribution is 0.0950. The predicted octanol–water partition coefficient (Wildman–Crippen LogP) is 2.27. The predicted molar refractivity (Wildman–Crippen MR) is 69.7 cm³/mol. The molecule has 0 aliphatic rings. The van der Waals surface area contributed by atoms with Crippen LogP contribution in [0.15, 0.2) is 36.7 Å². The second-order valence-electron chi connectivity index (χ2n) is 4.03. The van der Waals surface area contributed by atoms with Crippen molar-refractivity contribution in [1.82, 2.24) is 10.3 Å². The number of benzene rings is 1. The summed E-state index contributed by atoms with van der Waals surface area (Å²) in [6, 6.07) is 4.68. The number of aromatic nitrogens is 1. The standard InChI is InChI=1S/C15H10F2N2O/c1-2-10-5-12(8-18-7-10)15(20)19-9-11-3-4-13(16)6-14(11)17/h1,3-8H,9H2,(H,19,20). The number of nitrogens with one attached hydrogen (secondary N) is 1. The minimum atomic E-state index is -0.708. The number of nitrogens with zero attached hydrogens (tertiary/aromatic N) is 1. The SMILES string of the molecule is C#Cc1cncc(C(=O)NCc2ccc(F)cc2F)c1. The van der Waals surface area contributed by atoms with E-state index in [9.17, 15) is 13.6 Å². The molecule has 0 aliphatic heterocycles. The highest BCUT2D eigenvalue weighted by Crippen LogP contribution is 2.09. The number of halogens is 2. The molecule has 1 amide bonds. The lowest BCUT2D eigenvalue weighted by atomic mass is 10.2. The van der Waals surface area contributed by atoms with Crippen molar-refractivity contribution in [2.75, 3.05) is 0 Å². The van der Waals surface area contributed by atoms with Crippen molar-refractivity contribution >= 4 is 5.91 Å². The first kappa shape index (κ1) is 13.7. The number of terminal acetylenes is 1. The number of amides is 1. The lowest BCUT2D eigenvalue weighted by Crippen LogP contribution is -2.23. The zero-order valence-electron chi connectivity index (χ0n) is 10.4. The molecule has 0 spiro atoms. The summed E-state index contributed by atoms with van der Waals surface area (Å²) in [6.07, 6.45) is 8.02. The van der Waals surface area contributed by atoms with Gasteiger partial charge in [-0.05, 0) is 12.1 Å². The second-order valence-corrected chi connectivity index (χ2v) is 4.03. The maximum atomic E-state index is 13.4. The molecule has 2 rings (SSSR count). The normalized spacial score (nSPS) is 9.85. The third-order valence-corrected chi connectivity index (χ3v) is 2.62. The van der Waals surface area contributed by atoms with E-state index in [4.69, 9.17) is 6.42 Å². The molecule has 0 saturated carbocycles. The van der Waals surface area contributed by atoms with E-state index in [1.807, 2.05) is 0 Å². The fourth-order valence-electron chi connectivity index (χ4n) is 1.59. The maximum Gasteiger partial charge on any atom is 0.253 e. The van der Waals surface area contributed by atoms with E-state index >= 15 is 0 Å². The molecule has 5 heteroatoms. The molecule has 100 valence electrons. The van der Waals surface area contributed by atoms with Crippen molar-refractivity contribution in [2.24, 2.45) is 0 Å². The van der Waals surface area contributed by atoms with E-state index in [2.05, 4.69) is 16.2 Å². The minimum Gasteiger partial charge on any atom is -0.348 e. The third-order valence-electron chi connectivity index (χ3n) is 2.62. The molecule has 0 saturated heterocycles. The van der Waals surface area contributed by atoms with E-state index in [1.165, 1.54) is 24.5 Å². The van der Waals surface area contributed by atoms with E-state index in [-0.39, 0.29) is 17.7 Å². The molecule has 0 atom stereocenters. The molecule has 1 heterocycles. The quantitative estimate of drug-likeness (QED) is 0.871. The van der Waals surface area contributed by atoms with Gasteiger partial charge in [-0.3, -0.25) is 9.78 Å². The zero-order chi connectivity index (χ0) is 14.5. The van der Waals surface area contributed by atoms with Gasteiger partial charge in [-0.2, -0.15) is 0 Å². The molecule has 0 unspecified atom stereocenters. The first-order valence-corrected chi connectivity index (χ1v) is 5.74. The molecule has 1 aromatic heterocycles. The third kappa shape index (κ3) is 3.18. The molecule has 0 fully saturated rings. The summed E-state index contributed by atoms with van der Waals surface area (Å²) < 4.78 is 26.1. The fourth-order valence-corrected chi connectivity index (χ4v) is 1.59. The Labute approximate surface area is 114 Å². The van der Waals surface area contributed by atoms with Gasteiger partial charge in [0.1, 0.15) is 11.6 Å². The summed E-state index contributed by atoms with van der Waals surface area (Å²) in [5, 5.41) is 2.52. The number of rotatable bonds is 3. The molecule has 20 heavy (non-hydrogen) atoms. The Bertz CT molecular complexity index is 693. The topological polar surface area (TPSA) is 42.0 Å². The van der Waals surface area contributed by atoms with Crippen LogP contribution >= 0.6 is 0 Å². The van der Waals surface area contributed by atoms with Crippen LogP contribution in [-0.4, -0.2) is 10.9 Å². The average Bonchev–Trinajstić information content (AvgIpc) is 2.46. The van der Waals surface area contributed by atoms with Crippen LogP contribution in [0.4, 0.5) is 8.78 Å². The Morgan fingerprint density at radius 2 is 2.10 bits per heavy atom. The van der Waals surface area contributed by atoms with Gasteiger partial charge in [0, 0.05) is 36.1 Å². The molecule has 1 aromatic carbocycles. The molecule has 0 radical (unpaired) electrons. The van der Waals surface area contributed by atoms with Crippen molar-refractivity contribution < 1.29 is 13.6 Å². The summed E-state index contributed by atoms with van der Waals surface area (Å²) in [6.45, 7) is -0.0504. The average molecular weight is 272 g/mol. The molecular formula is C15H10F2N2O. The van der Waals surface area contributed by atoms with Crippen LogP contribution in [0.25, 0.3) is 0 Å². The lowest BCUT2D eigenvalue weighted by Gasteiger charge is -2.06. The number of hydrogen-bond acceptors (Lipinski definition) is 2. The van der Waals surface area contributed by atoms with E-state index in [0.717, 1.165) is 12.1 Å². The van der Waals surface area contributed by atoms with Crippen molar-refractivity contribution in [2.45, 2.75) is 6.54 Å². The Morgan fingerprint density at radius 3 is 2.80 bits per heavy atom.